The molecule has 0 saturated carbocycles. The number of hydrogen-bond donors (Lipinski definition) is 2. The summed E-state index contributed by atoms with van der Waals surface area (Å²) in [6.45, 7) is 7.71. The molecule has 1 atom stereocenters. The number of aliphatic hydroxyl groups is 1. The van der Waals surface area contributed by atoms with Crippen LogP contribution in [0.4, 0.5) is 0 Å². The molecular formula is C13H28N2O. The van der Waals surface area contributed by atoms with E-state index in [1.165, 1.54) is 12.8 Å². The number of piperidine rings is 1. The van der Waals surface area contributed by atoms with Crippen LogP contribution in [-0.2, 0) is 0 Å². The van der Waals surface area contributed by atoms with Crippen LogP contribution in [0, 0.1) is 5.41 Å². The van der Waals surface area contributed by atoms with Crippen LogP contribution in [0.25, 0.3) is 0 Å². The SMILES string of the molecule is CCC(CC)(CN)CN1CCCCC1CO. The van der Waals surface area contributed by atoms with Crippen molar-refractivity contribution in [1.29, 1.82) is 0 Å². The van der Waals surface area contributed by atoms with Crippen molar-refractivity contribution in [2.24, 2.45) is 11.1 Å². The molecule has 3 N–H and O–H groups in total. The molecule has 3 nitrogen and oxygen atoms in total. The summed E-state index contributed by atoms with van der Waals surface area (Å²) in [6.07, 6.45) is 5.94. The molecule has 1 fully saturated rings. The van der Waals surface area contributed by atoms with Gasteiger partial charge in [-0.25, -0.2) is 0 Å². The number of nitrogens with zero attached hydrogens (tertiary/aromatic N) is 1. The Morgan fingerprint density at radius 1 is 1.31 bits per heavy atom. The van der Waals surface area contributed by atoms with Gasteiger partial charge in [-0.3, -0.25) is 4.90 Å². The van der Waals surface area contributed by atoms with Gasteiger partial charge in [0.1, 0.15) is 0 Å². The summed E-state index contributed by atoms with van der Waals surface area (Å²) < 4.78 is 0. The van der Waals surface area contributed by atoms with E-state index in [0.29, 0.717) is 12.6 Å². The highest BCUT2D eigenvalue weighted by Crippen LogP contribution is 2.29. The van der Waals surface area contributed by atoms with Crippen LogP contribution in [0.5, 0.6) is 0 Å². The second-order valence-corrected chi connectivity index (χ2v) is 5.21. The van der Waals surface area contributed by atoms with E-state index in [4.69, 9.17) is 5.73 Å². The summed E-state index contributed by atoms with van der Waals surface area (Å²) in [5, 5.41) is 9.40. The molecule has 0 spiro atoms. The maximum absolute atomic E-state index is 9.40. The molecule has 1 aliphatic heterocycles. The molecule has 0 aliphatic carbocycles. The largest absolute Gasteiger partial charge is 0.395 e. The molecule has 0 aromatic carbocycles. The van der Waals surface area contributed by atoms with E-state index >= 15 is 0 Å². The first-order chi connectivity index (χ1) is 7.71. The Morgan fingerprint density at radius 2 is 2.00 bits per heavy atom. The fourth-order valence-electron chi connectivity index (χ4n) is 2.73. The maximum Gasteiger partial charge on any atom is 0.0586 e. The lowest BCUT2D eigenvalue weighted by Gasteiger charge is -2.42. The number of nitrogens with two attached hydrogens (primary N) is 1. The third-order valence-corrected chi connectivity index (χ3v) is 4.43. The first-order valence-electron chi connectivity index (χ1n) is 6.76. The molecule has 1 saturated heterocycles. The smallest absolute Gasteiger partial charge is 0.0586 e. The lowest BCUT2D eigenvalue weighted by atomic mass is 9.81. The lowest BCUT2D eigenvalue weighted by molar-refractivity contribution is 0.0463. The number of hydrogen-bond acceptors (Lipinski definition) is 3. The Kier molecular flexibility index (Phi) is 5.73. The quantitative estimate of drug-likeness (QED) is 0.726. The molecule has 0 amide bonds. The summed E-state index contributed by atoms with van der Waals surface area (Å²) in [6, 6.07) is 0.373. The van der Waals surface area contributed by atoms with Gasteiger partial charge in [-0.1, -0.05) is 20.3 Å². The Labute approximate surface area is 100 Å². The molecule has 0 aromatic heterocycles. The molecule has 1 unspecified atom stereocenters. The Bertz CT molecular complexity index is 184. The Morgan fingerprint density at radius 3 is 2.50 bits per heavy atom. The predicted molar refractivity (Wildman–Crippen MR) is 68.4 cm³/mol. The van der Waals surface area contributed by atoms with Gasteiger partial charge in [-0.15, -0.1) is 0 Å². The van der Waals surface area contributed by atoms with E-state index in [0.717, 1.165) is 38.9 Å². The molecule has 1 heterocycles. The van der Waals surface area contributed by atoms with Crippen LogP contribution in [0.2, 0.25) is 0 Å². The van der Waals surface area contributed by atoms with Gasteiger partial charge in [0.15, 0.2) is 0 Å². The molecule has 1 rings (SSSR count). The minimum Gasteiger partial charge on any atom is -0.395 e. The van der Waals surface area contributed by atoms with Crippen molar-refractivity contribution in [1.82, 2.24) is 4.90 Å². The fourth-order valence-corrected chi connectivity index (χ4v) is 2.73. The minimum atomic E-state index is 0.255. The van der Waals surface area contributed by atoms with E-state index in [9.17, 15) is 5.11 Å². The van der Waals surface area contributed by atoms with Crippen molar-refractivity contribution in [3.63, 3.8) is 0 Å². The van der Waals surface area contributed by atoms with Gasteiger partial charge in [-0.05, 0) is 44.2 Å². The van der Waals surface area contributed by atoms with Crippen molar-refractivity contribution in [3.8, 4) is 0 Å². The zero-order valence-corrected chi connectivity index (χ0v) is 10.9. The topological polar surface area (TPSA) is 49.5 Å². The van der Waals surface area contributed by atoms with Gasteiger partial charge in [0.05, 0.1) is 6.61 Å². The number of aliphatic hydroxyl groups excluding tert-OH is 1. The van der Waals surface area contributed by atoms with E-state index < -0.39 is 0 Å². The van der Waals surface area contributed by atoms with Crippen molar-refractivity contribution >= 4 is 0 Å². The molecule has 0 radical (unpaired) electrons. The number of likely N-dealkylation sites (tertiary alicyclic amines) is 1. The van der Waals surface area contributed by atoms with E-state index in [2.05, 4.69) is 18.7 Å². The molecule has 96 valence electrons. The standard InChI is InChI=1S/C13H28N2O/c1-3-13(4-2,10-14)11-15-8-6-5-7-12(15)9-16/h12,16H,3-11,14H2,1-2H3. The monoisotopic (exact) mass is 228 g/mol. The summed E-state index contributed by atoms with van der Waals surface area (Å²) >= 11 is 0. The van der Waals surface area contributed by atoms with Crippen LogP contribution >= 0.6 is 0 Å². The fraction of sp³-hybridized carbons (Fsp3) is 1.00. The van der Waals surface area contributed by atoms with Crippen LogP contribution < -0.4 is 5.73 Å². The average Bonchev–Trinajstić information content (AvgIpc) is 2.36. The third-order valence-electron chi connectivity index (χ3n) is 4.43. The molecule has 0 aromatic rings. The van der Waals surface area contributed by atoms with Crippen molar-refractivity contribution in [3.05, 3.63) is 0 Å². The molecular weight excluding hydrogens is 200 g/mol. The highest BCUT2D eigenvalue weighted by atomic mass is 16.3. The zero-order valence-electron chi connectivity index (χ0n) is 10.9. The van der Waals surface area contributed by atoms with Crippen LogP contribution in [-0.4, -0.2) is 42.3 Å². The summed E-state index contributed by atoms with van der Waals surface area (Å²) in [4.78, 5) is 2.46. The van der Waals surface area contributed by atoms with Gasteiger partial charge < -0.3 is 10.8 Å². The number of rotatable bonds is 6. The Hall–Kier alpha value is -0.120. The van der Waals surface area contributed by atoms with Gasteiger partial charge >= 0.3 is 0 Å². The minimum absolute atomic E-state index is 0.255. The van der Waals surface area contributed by atoms with Gasteiger partial charge in [0.2, 0.25) is 0 Å². The van der Waals surface area contributed by atoms with Crippen molar-refractivity contribution in [2.75, 3.05) is 26.2 Å². The molecule has 16 heavy (non-hydrogen) atoms. The first kappa shape index (κ1) is 13.9. The Balaban J connectivity index is 2.61. The van der Waals surface area contributed by atoms with Crippen molar-refractivity contribution < 1.29 is 5.11 Å². The third kappa shape index (κ3) is 3.19. The normalized spacial score (nSPS) is 23.6. The molecule has 1 aliphatic rings. The zero-order chi connectivity index (χ0) is 12.0. The van der Waals surface area contributed by atoms with Crippen LogP contribution in [0.15, 0.2) is 0 Å². The van der Waals surface area contributed by atoms with Crippen LogP contribution in [0.1, 0.15) is 46.0 Å². The van der Waals surface area contributed by atoms with Gasteiger partial charge in [0, 0.05) is 12.6 Å². The molecule has 0 bridgehead atoms. The van der Waals surface area contributed by atoms with Crippen LogP contribution in [0.3, 0.4) is 0 Å². The van der Waals surface area contributed by atoms with E-state index in [1.54, 1.807) is 0 Å². The maximum atomic E-state index is 9.40. The van der Waals surface area contributed by atoms with E-state index in [1.807, 2.05) is 0 Å². The summed E-state index contributed by atoms with van der Waals surface area (Å²) in [5.74, 6) is 0. The summed E-state index contributed by atoms with van der Waals surface area (Å²) in [7, 11) is 0. The molecule has 3 heteroatoms. The second-order valence-electron chi connectivity index (χ2n) is 5.21. The average molecular weight is 228 g/mol. The first-order valence-corrected chi connectivity index (χ1v) is 6.76. The van der Waals surface area contributed by atoms with Gasteiger partial charge in [-0.2, -0.15) is 0 Å². The van der Waals surface area contributed by atoms with Gasteiger partial charge in [0.25, 0.3) is 0 Å². The second kappa shape index (κ2) is 6.58. The lowest BCUT2D eigenvalue weighted by Crippen LogP contribution is -2.49. The van der Waals surface area contributed by atoms with Crippen molar-refractivity contribution in [2.45, 2.75) is 52.0 Å². The van der Waals surface area contributed by atoms with E-state index in [-0.39, 0.29) is 5.41 Å². The predicted octanol–water partition coefficient (Wildman–Crippen LogP) is 1.60. The summed E-state index contributed by atoms with van der Waals surface area (Å²) in [5.41, 5.74) is 6.20. The highest BCUT2D eigenvalue weighted by molar-refractivity contribution is 4.86. The highest BCUT2D eigenvalue weighted by Gasteiger charge is 2.31.